The number of carbonyl (C=O) groups is 1. The van der Waals surface area contributed by atoms with Gasteiger partial charge in [0.15, 0.2) is 5.69 Å². The van der Waals surface area contributed by atoms with E-state index < -0.39 is 5.97 Å². The third-order valence-corrected chi connectivity index (χ3v) is 2.27. The number of para-hydroxylation sites is 1. The lowest BCUT2D eigenvalue weighted by atomic mass is 10.1. The van der Waals surface area contributed by atoms with E-state index in [0.29, 0.717) is 10.9 Å². The maximum Gasteiger partial charge on any atom is 0.355 e. The third kappa shape index (κ3) is 1.64. The molecule has 0 radical (unpaired) electrons. The summed E-state index contributed by atoms with van der Waals surface area (Å²) in [5, 5.41) is 9.41. The van der Waals surface area contributed by atoms with Crippen molar-refractivity contribution in [3.05, 3.63) is 34.7 Å². The molecule has 0 aliphatic carbocycles. The molecule has 15 heavy (non-hydrogen) atoms. The smallest absolute Gasteiger partial charge is 0.355 e. The van der Waals surface area contributed by atoms with Crippen LogP contribution in [0.4, 0.5) is 0 Å². The summed E-state index contributed by atoms with van der Waals surface area (Å²) in [6.07, 6.45) is 0. The standard InChI is InChI=1S/C10H7ClN2O2/c1-5-3-2-4-6-7(5)12-10(11)13-8(6)9(14)15/h2-4H,1H3,(H,14,15). The lowest BCUT2D eigenvalue weighted by Gasteiger charge is -2.03. The van der Waals surface area contributed by atoms with Crippen molar-refractivity contribution in [2.45, 2.75) is 6.92 Å². The normalized spacial score (nSPS) is 10.5. The Kier molecular flexibility index (Phi) is 2.28. The van der Waals surface area contributed by atoms with Crippen molar-refractivity contribution in [3.63, 3.8) is 0 Å². The SMILES string of the molecule is Cc1cccc2c(C(=O)O)nc(Cl)nc12. The Labute approximate surface area is 90.5 Å². The van der Waals surface area contributed by atoms with Gasteiger partial charge in [-0.3, -0.25) is 0 Å². The summed E-state index contributed by atoms with van der Waals surface area (Å²) in [4.78, 5) is 18.6. The summed E-state index contributed by atoms with van der Waals surface area (Å²) in [5.41, 5.74) is 1.39. The molecular weight excluding hydrogens is 216 g/mol. The maximum absolute atomic E-state index is 10.9. The van der Waals surface area contributed by atoms with Gasteiger partial charge < -0.3 is 5.11 Å². The predicted molar refractivity (Wildman–Crippen MR) is 56.2 cm³/mol. The average Bonchev–Trinajstić information content (AvgIpc) is 2.18. The van der Waals surface area contributed by atoms with Crippen LogP contribution in [0.2, 0.25) is 5.28 Å². The van der Waals surface area contributed by atoms with E-state index in [0.717, 1.165) is 5.56 Å². The van der Waals surface area contributed by atoms with Gasteiger partial charge in [-0.1, -0.05) is 18.2 Å². The molecule has 76 valence electrons. The second-order valence-electron chi connectivity index (χ2n) is 3.12. The molecule has 1 N–H and O–H groups in total. The molecule has 0 unspecified atom stereocenters. The van der Waals surface area contributed by atoms with Gasteiger partial charge in [0.1, 0.15) is 0 Å². The van der Waals surface area contributed by atoms with Crippen molar-refractivity contribution in [3.8, 4) is 0 Å². The van der Waals surface area contributed by atoms with Crippen LogP contribution in [-0.2, 0) is 0 Å². The second kappa shape index (κ2) is 3.47. The molecular formula is C10H7ClN2O2. The number of halogens is 1. The van der Waals surface area contributed by atoms with E-state index in [1.165, 1.54) is 0 Å². The molecule has 0 atom stereocenters. The highest BCUT2D eigenvalue weighted by Gasteiger charge is 2.13. The first-order valence-corrected chi connectivity index (χ1v) is 4.63. The number of fused-ring (bicyclic) bond motifs is 1. The number of benzene rings is 1. The molecule has 0 aliphatic rings. The van der Waals surface area contributed by atoms with Gasteiger partial charge in [0.25, 0.3) is 0 Å². The van der Waals surface area contributed by atoms with Crippen molar-refractivity contribution in [1.82, 2.24) is 9.97 Å². The van der Waals surface area contributed by atoms with Gasteiger partial charge in [0, 0.05) is 5.39 Å². The Morgan fingerprint density at radius 2 is 2.13 bits per heavy atom. The summed E-state index contributed by atoms with van der Waals surface area (Å²) in [7, 11) is 0. The second-order valence-corrected chi connectivity index (χ2v) is 3.46. The number of aryl methyl sites for hydroxylation is 1. The number of rotatable bonds is 1. The Bertz CT molecular complexity index is 554. The maximum atomic E-state index is 10.9. The van der Waals surface area contributed by atoms with E-state index in [1.807, 2.05) is 13.0 Å². The van der Waals surface area contributed by atoms with Crippen molar-refractivity contribution in [2.24, 2.45) is 0 Å². The van der Waals surface area contributed by atoms with E-state index in [4.69, 9.17) is 16.7 Å². The lowest BCUT2D eigenvalue weighted by Crippen LogP contribution is -2.03. The molecule has 2 rings (SSSR count). The fourth-order valence-electron chi connectivity index (χ4n) is 1.43. The Morgan fingerprint density at radius 1 is 1.40 bits per heavy atom. The minimum absolute atomic E-state index is 0.0470. The van der Waals surface area contributed by atoms with Crippen molar-refractivity contribution < 1.29 is 9.90 Å². The molecule has 1 heterocycles. The summed E-state index contributed by atoms with van der Waals surface area (Å²) >= 11 is 5.65. The third-order valence-electron chi connectivity index (χ3n) is 2.10. The van der Waals surface area contributed by atoms with Crippen LogP contribution in [0, 0.1) is 6.92 Å². The molecule has 0 saturated heterocycles. The van der Waals surface area contributed by atoms with Crippen LogP contribution < -0.4 is 0 Å². The largest absolute Gasteiger partial charge is 0.476 e. The summed E-state index contributed by atoms with van der Waals surface area (Å²) < 4.78 is 0. The number of aromatic nitrogens is 2. The van der Waals surface area contributed by atoms with E-state index in [9.17, 15) is 4.79 Å². The molecule has 0 amide bonds. The molecule has 5 heteroatoms. The van der Waals surface area contributed by atoms with Crippen LogP contribution in [0.3, 0.4) is 0 Å². The van der Waals surface area contributed by atoms with Gasteiger partial charge in [0.05, 0.1) is 5.52 Å². The fourth-order valence-corrected chi connectivity index (χ4v) is 1.60. The van der Waals surface area contributed by atoms with Crippen LogP contribution in [0.25, 0.3) is 10.9 Å². The first kappa shape index (κ1) is 9.86. The van der Waals surface area contributed by atoms with Gasteiger partial charge in [-0.05, 0) is 24.1 Å². The first-order valence-electron chi connectivity index (χ1n) is 4.26. The molecule has 0 saturated carbocycles. The Balaban J connectivity index is 2.92. The fraction of sp³-hybridized carbons (Fsp3) is 0.100. The van der Waals surface area contributed by atoms with Crippen LogP contribution in [0.5, 0.6) is 0 Å². The van der Waals surface area contributed by atoms with Crippen LogP contribution >= 0.6 is 11.6 Å². The van der Waals surface area contributed by atoms with Gasteiger partial charge >= 0.3 is 5.97 Å². The number of aromatic carboxylic acids is 1. The number of carboxylic acids is 1. The van der Waals surface area contributed by atoms with Crippen molar-refractivity contribution in [1.29, 1.82) is 0 Å². The monoisotopic (exact) mass is 222 g/mol. The first-order chi connectivity index (χ1) is 7.09. The zero-order valence-electron chi connectivity index (χ0n) is 7.86. The topological polar surface area (TPSA) is 63.1 Å². The van der Waals surface area contributed by atoms with Gasteiger partial charge in [-0.15, -0.1) is 0 Å². The van der Waals surface area contributed by atoms with Crippen molar-refractivity contribution in [2.75, 3.05) is 0 Å². The lowest BCUT2D eigenvalue weighted by molar-refractivity contribution is 0.0692. The molecule has 0 fully saturated rings. The zero-order valence-corrected chi connectivity index (χ0v) is 8.62. The van der Waals surface area contributed by atoms with Crippen LogP contribution in [-0.4, -0.2) is 21.0 Å². The summed E-state index contributed by atoms with van der Waals surface area (Å²) in [6.45, 7) is 1.84. The zero-order chi connectivity index (χ0) is 11.0. The van der Waals surface area contributed by atoms with Crippen LogP contribution in [0.1, 0.15) is 16.1 Å². The minimum Gasteiger partial charge on any atom is -0.476 e. The molecule has 0 spiro atoms. The predicted octanol–water partition coefficient (Wildman–Crippen LogP) is 2.29. The van der Waals surface area contributed by atoms with E-state index in [2.05, 4.69) is 9.97 Å². The summed E-state index contributed by atoms with van der Waals surface area (Å²) in [5.74, 6) is -1.10. The number of carboxylic acid groups (broad SMARTS) is 1. The quantitative estimate of drug-likeness (QED) is 0.752. The summed E-state index contributed by atoms with van der Waals surface area (Å²) in [6, 6.07) is 5.28. The average molecular weight is 223 g/mol. The number of nitrogens with zero attached hydrogens (tertiary/aromatic N) is 2. The molecule has 0 aliphatic heterocycles. The molecule has 0 bridgehead atoms. The number of hydrogen-bond acceptors (Lipinski definition) is 3. The Hall–Kier alpha value is -1.68. The molecule has 4 nitrogen and oxygen atoms in total. The van der Waals surface area contributed by atoms with Gasteiger partial charge in [0.2, 0.25) is 5.28 Å². The van der Waals surface area contributed by atoms with Crippen molar-refractivity contribution >= 4 is 28.5 Å². The van der Waals surface area contributed by atoms with E-state index >= 15 is 0 Å². The molecule has 2 aromatic rings. The van der Waals surface area contributed by atoms with Gasteiger partial charge in [-0.25, -0.2) is 14.8 Å². The highest BCUT2D eigenvalue weighted by atomic mass is 35.5. The highest BCUT2D eigenvalue weighted by molar-refractivity contribution is 6.29. The van der Waals surface area contributed by atoms with Gasteiger partial charge in [-0.2, -0.15) is 0 Å². The highest BCUT2D eigenvalue weighted by Crippen LogP contribution is 2.20. The Morgan fingerprint density at radius 3 is 2.80 bits per heavy atom. The van der Waals surface area contributed by atoms with E-state index in [1.54, 1.807) is 12.1 Å². The number of hydrogen-bond donors (Lipinski definition) is 1. The van der Waals surface area contributed by atoms with E-state index in [-0.39, 0.29) is 11.0 Å². The molecule has 1 aromatic carbocycles. The minimum atomic E-state index is -1.10. The van der Waals surface area contributed by atoms with Crippen LogP contribution in [0.15, 0.2) is 18.2 Å². The molecule has 1 aromatic heterocycles.